The largest absolute Gasteiger partial charge is 0.481 e. The summed E-state index contributed by atoms with van der Waals surface area (Å²) in [6.07, 6.45) is 6.05. The van der Waals surface area contributed by atoms with Gasteiger partial charge in [0.05, 0.1) is 6.42 Å². The molecule has 2 fully saturated rings. The van der Waals surface area contributed by atoms with Crippen LogP contribution in [0.5, 0.6) is 0 Å². The van der Waals surface area contributed by atoms with Crippen molar-refractivity contribution in [2.45, 2.75) is 50.0 Å². The Morgan fingerprint density at radius 1 is 1.15 bits per heavy atom. The van der Waals surface area contributed by atoms with Gasteiger partial charge in [-0.1, -0.05) is 49.6 Å². The van der Waals surface area contributed by atoms with Gasteiger partial charge in [-0.25, -0.2) is 0 Å². The number of carbonyl (C=O) groups is 1. The molecule has 20 heavy (non-hydrogen) atoms. The maximum absolute atomic E-state index is 11.2. The van der Waals surface area contributed by atoms with Crippen LogP contribution in [0.15, 0.2) is 30.3 Å². The molecule has 0 unspecified atom stereocenters. The van der Waals surface area contributed by atoms with E-state index in [1.165, 1.54) is 24.8 Å². The van der Waals surface area contributed by atoms with E-state index in [1.54, 1.807) is 0 Å². The van der Waals surface area contributed by atoms with Gasteiger partial charge in [-0.3, -0.25) is 9.69 Å². The summed E-state index contributed by atoms with van der Waals surface area (Å²) >= 11 is 0. The summed E-state index contributed by atoms with van der Waals surface area (Å²) in [5, 5.41) is 9.26. The van der Waals surface area contributed by atoms with Gasteiger partial charge in [0, 0.05) is 24.5 Å². The number of nitrogens with zero attached hydrogens (tertiary/aromatic N) is 1. The van der Waals surface area contributed by atoms with Crippen molar-refractivity contribution in [3.8, 4) is 0 Å². The number of hydrogen-bond donors (Lipinski definition) is 1. The Kier molecular flexibility index (Phi) is 3.79. The van der Waals surface area contributed by atoms with Gasteiger partial charge in [0.15, 0.2) is 0 Å². The quantitative estimate of drug-likeness (QED) is 0.915. The van der Waals surface area contributed by atoms with Gasteiger partial charge in [-0.2, -0.15) is 0 Å². The molecule has 3 rings (SSSR count). The molecule has 1 aromatic carbocycles. The molecule has 2 aliphatic rings. The Bertz CT molecular complexity index is 459. The fourth-order valence-electron chi connectivity index (χ4n) is 3.90. The van der Waals surface area contributed by atoms with E-state index < -0.39 is 5.97 Å². The fraction of sp³-hybridized carbons (Fsp3) is 0.588. The van der Waals surface area contributed by atoms with E-state index in [4.69, 9.17) is 0 Å². The molecule has 0 radical (unpaired) electrons. The second-order valence-corrected chi connectivity index (χ2v) is 6.37. The molecule has 1 aromatic rings. The smallest absolute Gasteiger partial charge is 0.305 e. The lowest BCUT2D eigenvalue weighted by Gasteiger charge is -2.54. The molecule has 1 aliphatic carbocycles. The second-order valence-electron chi connectivity index (χ2n) is 6.37. The maximum atomic E-state index is 11.2. The normalized spacial score (nSPS) is 23.2. The molecule has 0 spiro atoms. The van der Waals surface area contributed by atoms with Crippen molar-refractivity contribution in [2.75, 3.05) is 13.1 Å². The second kappa shape index (κ2) is 5.57. The number of aliphatic carboxylic acids is 1. The number of rotatable bonds is 4. The topological polar surface area (TPSA) is 40.5 Å². The number of carboxylic acid groups (broad SMARTS) is 1. The van der Waals surface area contributed by atoms with Crippen molar-refractivity contribution in [3.05, 3.63) is 35.9 Å². The van der Waals surface area contributed by atoms with Crippen molar-refractivity contribution in [2.24, 2.45) is 0 Å². The average Bonchev–Trinajstić information content (AvgIpc) is 2.38. The summed E-state index contributed by atoms with van der Waals surface area (Å²) in [6.45, 7) is 2.05. The fourth-order valence-corrected chi connectivity index (χ4v) is 3.90. The molecule has 0 bridgehead atoms. The Balaban J connectivity index is 1.67. The molecule has 1 heterocycles. The highest BCUT2D eigenvalue weighted by atomic mass is 16.4. The van der Waals surface area contributed by atoms with Crippen LogP contribution < -0.4 is 0 Å². The Morgan fingerprint density at radius 2 is 1.80 bits per heavy atom. The molecule has 108 valence electrons. The van der Waals surface area contributed by atoms with E-state index in [1.807, 2.05) is 6.07 Å². The third-order valence-corrected chi connectivity index (χ3v) is 5.09. The predicted octanol–water partition coefficient (Wildman–Crippen LogP) is 3.26. The molecule has 1 saturated heterocycles. The van der Waals surface area contributed by atoms with Crippen LogP contribution in [0.1, 0.15) is 50.0 Å². The van der Waals surface area contributed by atoms with Crippen LogP contribution in [0.2, 0.25) is 0 Å². The van der Waals surface area contributed by atoms with Crippen molar-refractivity contribution < 1.29 is 9.90 Å². The summed E-state index contributed by atoms with van der Waals surface area (Å²) in [4.78, 5) is 13.7. The van der Waals surface area contributed by atoms with Crippen molar-refractivity contribution in [1.82, 2.24) is 4.90 Å². The van der Waals surface area contributed by atoms with Gasteiger partial charge in [0.2, 0.25) is 0 Å². The minimum absolute atomic E-state index is 0.0602. The van der Waals surface area contributed by atoms with E-state index in [9.17, 15) is 9.90 Å². The van der Waals surface area contributed by atoms with Gasteiger partial charge in [-0.05, 0) is 18.4 Å². The highest BCUT2D eigenvalue weighted by Gasteiger charge is 2.45. The van der Waals surface area contributed by atoms with E-state index in [2.05, 4.69) is 29.2 Å². The Labute approximate surface area is 120 Å². The Morgan fingerprint density at radius 3 is 2.40 bits per heavy atom. The molecule has 1 aliphatic heterocycles. The lowest BCUT2D eigenvalue weighted by atomic mass is 9.74. The van der Waals surface area contributed by atoms with Crippen LogP contribution in [-0.2, 0) is 4.79 Å². The van der Waals surface area contributed by atoms with E-state index in [0.717, 1.165) is 25.9 Å². The molecular weight excluding hydrogens is 250 g/mol. The monoisotopic (exact) mass is 273 g/mol. The summed E-state index contributed by atoms with van der Waals surface area (Å²) < 4.78 is 0. The zero-order chi connectivity index (χ0) is 14.0. The van der Waals surface area contributed by atoms with Crippen molar-refractivity contribution in [3.63, 3.8) is 0 Å². The van der Waals surface area contributed by atoms with Crippen LogP contribution in [0, 0.1) is 0 Å². The van der Waals surface area contributed by atoms with Gasteiger partial charge in [0.1, 0.15) is 0 Å². The third-order valence-electron chi connectivity index (χ3n) is 5.09. The van der Waals surface area contributed by atoms with Crippen LogP contribution in [0.25, 0.3) is 0 Å². The van der Waals surface area contributed by atoms with E-state index >= 15 is 0 Å². The first-order chi connectivity index (χ1) is 9.70. The lowest BCUT2D eigenvalue weighted by molar-refractivity contribution is -0.143. The van der Waals surface area contributed by atoms with Gasteiger partial charge in [0.25, 0.3) is 0 Å². The van der Waals surface area contributed by atoms with Crippen molar-refractivity contribution in [1.29, 1.82) is 0 Å². The number of benzene rings is 1. The third kappa shape index (κ3) is 2.59. The minimum Gasteiger partial charge on any atom is -0.481 e. The highest BCUT2D eigenvalue weighted by molar-refractivity contribution is 5.68. The standard InChI is InChI=1S/C17H23NO2/c19-16(20)11-17(9-5-2-6-10-17)18-12-15(13-18)14-7-3-1-4-8-14/h1,3-4,7-8,15H,2,5-6,9-13H2,(H,19,20). The van der Waals surface area contributed by atoms with Crippen LogP contribution >= 0.6 is 0 Å². The van der Waals surface area contributed by atoms with Crippen LogP contribution in [0.4, 0.5) is 0 Å². The molecule has 3 nitrogen and oxygen atoms in total. The molecule has 1 N–H and O–H groups in total. The maximum Gasteiger partial charge on any atom is 0.305 e. The Hall–Kier alpha value is -1.35. The number of likely N-dealkylation sites (tertiary alicyclic amines) is 1. The molecule has 0 amide bonds. The summed E-state index contributed by atoms with van der Waals surface area (Å²) in [5.74, 6) is -0.0566. The minimum atomic E-state index is -0.643. The summed E-state index contributed by atoms with van der Waals surface area (Å²) in [7, 11) is 0. The summed E-state index contributed by atoms with van der Waals surface area (Å²) in [5.41, 5.74) is 1.33. The highest BCUT2D eigenvalue weighted by Crippen LogP contribution is 2.42. The zero-order valence-electron chi connectivity index (χ0n) is 11.9. The van der Waals surface area contributed by atoms with Crippen LogP contribution in [0.3, 0.4) is 0 Å². The lowest BCUT2D eigenvalue weighted by Crippen LogP contribution is -2.60. The van der Waals surface area contributed by atoms with Crippen LogP contribution in [-0.4, -0.2) is 34.6 Å². The SMILES string of the molecule is O=C(O)CC1(N2CC(c3ccccc3)C2)CCCCC1. The van der Waals surface area contributed by atoms with Gasteiger partial charge < -0.3 is 5.11 Å². The molecule has 0 aromatic heterocycles. The summed E-state index contributed by atoms with van der Waals surface area (Å²) in [6, 6.07) is 10.6. The zero-order valence-corrected chi connectivity index (χ0v) is 11.9. The molecular formula is C17H23NO2. The average molecular weight is 273 g/mol. The number of carboxylic acids is 1. The van der Waals surface area contributed by atoms with Crippen molar-refractivity contribution >= 4 is 5.97 Å². The molecule has 3 heteroatoms. The predicted molar refractivity (Wildman–Crippen MR) is 78.8 cm³/mol. The molecule has 1 saturated carbocycles. The van der Waals surface area contributed by atoms with Gasteiger partial charge in [-0.15, -0.1) is 0 Å². The first-order valence-electron chi connectivity index (χ1n) is 7.71. The van der Waals surface area contributed by atoms with E-state index in [-0.39, 0.29) is 5.54 Å². The first kappa shape index (κ1) is 13.6. The van der Waals surface area contributed by atoms with E-state index in [0.29, 0.717) is 12.3 Å². The molecule has 0 atom stereocenters. The first-order valence-corrected chi connectivity index (χ1v) is 7.71. The number of hydrogen-bond acceptors (Lipinski definition) is 2. The van der Waals surface area contributed by atoms with Gasteiger partial charge >= 0.3 is 5.97 Å².